The molecule has 3 heteroatoms. The minimum atomic E-state index is 0.606. The zero-order valence-corrected chi connectivity index (χ0v) is 9.48. The molecule has 0 amide bonds. The summed E-state index contributed by atoms with van der Waals surface area (Å²) in [4.78, 5) is 6.69. The second-order valence-electron chi connectivity index (χ2n) is 4.39. The summed E-state index contributed by atoms with van der Waals surface area (Å²) >= 11 is 0. The van der Waals surface area contributed by atoms with Crippen molar-refractivity contribution < 1.29 is 0 Å². The predicted octanol–water partition coefficient (Wildman–Crippen LogP) is 1.26. The molecule has 1 saturated heterocycles. The van der Waals surface area contributed by atoms with E-state index in [1.807, 2.05) is 18.5 Å². The zero-order chi connectivity index (χ0) is 10.7. The largest absolute Gasteiger partial charge is 0.314 e. The highest BCUT2D eigenvalue weighted by Gasteiger charge is 2.23. The molecule has 0 bridgehead atoms. The van der Waals surface area contributed by atoms with Gasteiger partial charge in [-0.2, -0.15) is 0 Å². The average Bonchev–Trinajstić information content (AvgIpc) is 2.25. The van der Waals surface area contributed by atoms with Crippen LogP contribution in [0, 0.1) is 0 Å². The van der Waals surface area contributed by atoms with Crippen molar-refractivity contribution in [3.05, 3.63) is 30.1 Å². The second kappa shape index (κ2) is 4.73. The third-order valence-electron chi connectivity index (χ3n) is 3.10. The topological polar surface area (TPSA) is 28.2 Å². The first-order valence-corrected chi connectivity index (χ1v) is 5.62. The summed E-state index contributed by atoms with van der Waals surface area (Å²) in [7, 11) is 0. The third-order valence-corrected chi connectivity index (χ3v) is 3.10. The predicted molar refractivity (Wildman–Crippen MR) is 61.6 cm³/mol. The smallest absolute Gasteiger partial charge is 0.0312 e. The Kier molecular flexibility index (Phi) is 3.34. The quantitative estimate of drug-likeness (QED) is 0.788. The summed E-state index contributed by atoms with van der Waals surface area (Å²) in [5, 5.41) is 3.44. The first kappa shape index (κ1) is 10.6. The van der Waals surface area contributed by atoms with Crippen LogP contribution in [0.25, 0.3) is 0 Å². The van der Waals surface area contributed by atoms with Crippen LogP contribution < -0.4 is 5.32 Å². The monoisotopic (exact) mass is 205 g/mol. The molecule has 2 heterocycles. The van der Waals surface area contributed by atoms with Crippen LogP contribution >= 0.6 is 0 Å². The number of hydrogen-bond acceptors (Lipinski definition) is 3. The van der Waals surface area contributed by atoms with Gasteiger partial charge >= 0.3 is 0 Å². The number of rotatable bonds is 2. The molecule has 1 aliphatic heterocycles. The van der Waals surface area contributed by atoms with E-state index in [0.29, 0.717) is 12.1 Å². The van der Waals surface area contributed by atoms with Gasteiger partial charge < -0.3 is 5.32 Å². The van der Waals surface area contributed by atoms with Gasteiger partial charge in [0.2, 0.25) is 0 Å². The Morgan fingerprint density at radius 1 is 1.40 bits per heavy atom. The Labute approximate surface area is 91.5 Å². The highest BCUT2D eigenvalue weighted by Crippen LogP contribution is 2.13. The van der Waals surface area contributed by atoms with Crippen molar-refractivity contribution in [2.45, 2.75) is 32.5 Å². The maximum atomic E-state index is 4.16. The Hall–Kier alpha value is -0.930. The fourth-order valence-corrected chi connectivity index (χ4v) is 2.18. The van der Waals surface area contributed by atoms with Crippen molar-refractivity contribution in [3.63, 3.8) is 0 Å². The lowest BCUT2D eigenvalue weighted by Crippen LogP contribution is -2.54. The lowest BCUT2D eigenvalue weighted by atomic mass is 10.1. The summed E-state index contributed by atoms with van der Waals surface area (Å²) in [5.41, 5.74) is 1.30. The highest BCUT2D eigenvalue weighted by molar-refractivity contribution is 5.09. The molecule has 1 aromatic heterocycles. The maximum Gasteiger partial charge on any atom is 0.0312 e. The summed E-state index contributed by atoms with van der Waals surface area (Å²) < 4.78 is 0. The average molecular weight is 205 g/mol. The Bertz CT molecular complexity index is 289. The molecule has 1 aliphatic rings. The first-order chi connectivity index (χ1) is 7.27. The number of aromatic nitrogens is 1. The number of nitrogens with one attached hydrogen (secondary N) is 1. The Morgan fingerprint density at radius 2 is 2.13 bits per heavy atom. The van der Waals surface area contributed by atoms with Crippen LogP contribution in [-0.4, -0.2) is 35.1 Å². The van der Waals surface area contributed by atoms with E-state index in [1.54, 1.807) is 0 Å². The van der Waals surface area contributed by atoms with Gasteiger partial charge in [-0.3, -0.25) is 9.88 Å². The normalized spacial score (nSPS) is 27.9. The molecular weight excluding hydrogens is 186 g/mol. The van der Waals surface area contributed by atoms with Gasteiger partial charge in [-0.1, -0.05) is 6.07 Å². The zero-order valence-electron chi connectivity index (χ0n) is 9.48. The molecule has 0 saturated carbocycles. The summed E-state index contributed by atoms with van der Waals surface area (Å²) in [6, 6.07) is 5.37. The Balaban J connectivity index is 2.03. The number of nitrogens with zero attached hydrogens (tertiary/aromatic N) is 2. The van der Waals surface area contributed by atoms with Gasteiger partial charge in [0.15, 0.2) is 0 Å². The number of hydrogen-bond donors (Lipinski definition) is 1. The van der Waals surface area contributed by atoms with Crippen LogP contribution in [0.1, 0.15) is 19.4 Å². The fraction of sp³-hybridized carbons (Fsp3) is 0.583. The van der Waals surface area contributed by atoms with Crippen molar-refractivity contribution in [1.82, 2.24) is 15.2 Å². The summed E-state index contributed by atoms with van der Waals surface area (Å²) in [6.07, 6.45) is 3.79. The highest BCUT2D eigenvalue weighted by atomic mass is 15.2. The molecule has 82 valence electrons. The molecule has 2 unspecified atom stereocenters. The van der Waals surface area contributed by atoms with Crippen molar-refractivity contribution in [3.8, 4) is 0 Å². The molecule has 0 radical (unpaired) electrons. The molecular formula is C12H19N3. The van der Waals surface area contributed by atoms with E-state index in [1.165, 1.54) is 5.56 Å². The van der Waals surface area contributed by atoms with Crippen LogP contribution in [0.5, 0.6) is 0 Å². The van der Waals surface area contributed by atoms with Gasteiger partial charge in [0.25, 0.3) is 0 Å². The molecule has 0 aliphatic carbocycles. The fourth-order valence-electron chi connectivity index (χ4n) is 2.18. The maximum absolute atomic E-state index is 4.16. The summed E-state index contributed by atoms with van der Waals surface area (Å²) in [6.45, 7) is 7.74. The van der Waals surface area contributed by atoms with Crippen LogP contribution in [0.4, 0.5) is 0 Å². The SMILES string of the molecule is CC1CNCC(C)N1Cc1cccnc1. The minimum absolute atomic E-state index is 0.606. The van der Waals surface area contributed by atoms with E-state index in [4.69, 9.17) is 0 Å². The molecule has 1 N–H and O–H groups in total. The molecule has 0 aromatic carbocycles. The van der Waals surface area contributed by atoms with Gasteiger partial charge in [0.1, 0.15) is 0 Å². The standard InChI is InChI=1S/C12H19N3/c1-10-6-14-7-11(2)15(10)9-12-4-3-5-13-8-12/h3-5,8,10-11,14H,6-7,9H2,1-2H3. The molecule has 15 heavy (non-hydrogen) atoms. The van der Waals surface area contributed by atoms with E-state index < -0.39 is 0 Å². The molecule has 1 aromatic rings. The van der Waals surface area contributed by atoms with Gasteiger partial charge in [-0.15, -0.1) is 0 Å². The molecule has 1 fully saturated rings. The third kappa shape index (κ3) is 2.55. The van der Waals surface area contributed by atoms with E-state index in [2.05, 4.69) is 35.1 Å². The number of piperazine rings is 1. The van der Waals surface area contributed by atoms with Crippen LogP contribution in [0.15, 0.2) is 24.5 Å². The van der Waals surface area contributed by atoms with Gasteiger partial charge in [-0.05, 0) is 25.5 Å². The second-order valence-corrected chi connectivity index (χ2v) is 4.39. The molecule has 0 spiro atoms. The van der Waals surface area contributed by atoms with Crippen molar-refractivity contribution >= 4 is 0 Å². The summed E-state index contributed by atoms with van der Waals surface area (Å²) in [5.74, 6) is 0. The lowest BCUT2D eigenvalue weighted by Gasteiger charge is -2.39. The number of pyridine rings is 1. The van der Waals surface area contributed by atoms with Crippen LogP contribution in [0.2, 0.25) is 0 Å². The Morgan fingerprint density at radius 3 is 2.73 bits per heavy atom. The molecule has 3 nitrogen and oxygen atoms in total. The van der Waals surface area contributed by atoms with Crippen molar-refractivity contribution in [2.24, 2.45) is 0 Å². The van der Waals surface area contributed by atoms with Gasteiger partial charge in [-0.25, -0.2) is 0 Å². The first-order valence-electron chi connectivity index (χ1n) is 5.62. The van der Waals surface area contributed by atoms with E-state index >= 15 is 0 Å². The molecule has 2 rings (SSSR count). The van der Waals surface area contributed by atoms with E-state index in [0.717, 1.165) is 19.6 Å². The van der Waals surface area contributed by atoms with E-state index in [-0.39, 0.29) is 0 Å². The van der Waals surface area contributed by atoms with Gasteiger partial charge in [0.05, 0.1) is 0 Å². The van der Waals surface area contributed by atoms with Crippen molar-refractivity contribution in [2.75, 3.05) is 13.1 Å². The van der Waals surface area contributed by atoms with Crippen molar-refractivity contribution in [1.29, 1.82) is 0 Å². The minimum Gasteiger partial charge on any atom is -0.314 e. The molecule has 2 atom stereocenters. The van der Waals surface area contributed by atoms with Crippen LogP contribution in [0.3, 0.4) is 0 Å². The lowest BCUT2D eigenvalue weighted by molar-refractivity contribution is 0.108. The van der Waals surface area contributed by atoms with Gasteiger partial charge in [0, 0.05) is 44.1 Å². The van der Waals surface area contributed by atoms with Crippen LogP contribution in [-0.2, 0) is 6.54 Å². The van der Waals surface area contributed by atoms with E-state index in [9.17, 15) is 0 Å².